The monoisotopic (exact) mass is 375 g/mol. The minimum atomic E-state index is -1.03. The van der Waals surface area contributed by atoms with E-state index < -0.39 is 11.6 Å². The summed E-state index contributed by atoms with van der Waals surface area (Å²) in [5.41, 5.74) is 4.18. The normalized spacial score (nSPS) is 22.4. The van der Waals surface area contributed by atoms with Gasteiger partial charge in [-0.05, 0) is 66.5 Å². The predicted octanol–water partition coefficient (Wildman–Crippen LogP) is 2.51. The molecule has 3 aliphatic rings. The average molecular weight is 375 g/mol. The summed E-state index contributed by atoms with van der Waals surface area (Å²) < 4.78 is 0. The molecule has 1 spiro atoms. The van der Waals surface area contributed by atoms with Gasteiger partial charge in [-0.3, -0.25) is 14.5 Å². The zero-order chi connectivity index (χ0) is 19.3. The van der Waals surface area contributed by atoms with E-state index in [0.29, 0.717) is 12.1 Å². The van der Waals surface area contributed by atoms with Crippen LogP contribution in [0, 0.1) is 0 Å². The van der Waals surface area contributed by atoms with E-state index in [2.05, 4.69) is 10.6 Å². The van der Waals surface area contributed by atoms with Gasteiger partial charge in [0.25, 0.3) is 5.91 Å². The number of benzene rings is 2. The quantitative estimate of drug-likeness (QED) is 0.809. The molecule has 5 rings (SSSR count). The number of urea groups is 1. The second-order valence-corrected chi connectivity index (χ2v) is 7.77. The SMILES string of the molecule is O=C(CN1C(=O)N[C@]2(CCc3ccccc32)C1=O)Nc1ccc2c(c1)CCC2. The minimum absolute atomic E-state index is 0.286. The van der Waals surface area contributed by atoms with E-state index >= 15 is 0 Å². The van der Waals surface area contributed by atoms with E-state index in [0.717, 1.165) is 41.7 Å². The molecule has 2 aromatic rings. The van der Waals surface area contributed by atoms with Crippen molar-refractivity contribution in [2.24, 2.45) is 0 Å². The summed E-state index contributed by atoms with van der Waals surface area (Å²) in [4.78, 5) is 39.2. The number of hydrogen-bond acceptors (Lipinski definition) is 3. The Balaban J connectivity index is 1.33. The Labute approximate surface area is 162 Å². The first-order chi connectivity index (χ1) is 13.6. The molecule has 4 amide bonds. The van der Waals surface area contributed by atoms with Gasteiger partial charge < -0.3 is 10.6 Å². The lowest BCUT2D eigenvalue weighted by Gasteiger charge is -2.22. The Morgan fingerprint density at radius 1 is 1.04 bits per heavy atom. The molecule has 2 aromatic carbocycles. The Bertz CT molecular complexity index is 1020. The van der Waals surface area contributed by atoms with Gasteiger partial charge in [-0.25, -0.2) is 4.79 Å². The Morgan fingerprint density at radius 2 is 1.86 bits per heavy atom. The van der Waals surface area contributed by atoms with Gasteiger partial charge in [0.2, 0.25) is 5.91 Å². The minimum Gasteiger partial charge on any atom is -0.325 e. The van der Waals surface area contributed by atoms with Crippen LogP contribution >= 0.6 is 0 Å². The van der Waals surface area contributed by atoms with E-state index in [4.69, 9.17) is 0 Å². The molecule has 2 N–H and O–H groups in total. The molecule has 1 saturated heterocycles. The van der Waals surface area contributed by atoms with Crippen LogP contribution in [0.1, 0.15) is 35.1 Å². The molecule has 28 heavy (non-hydrogen) atoms. The summed E-state index contributed by atoms with van der Waals surface area (Å²) in [6, 6.07) is 13.1. The Morgan fingerprint density at radius 3 is 2.75 bits per heavy atom. The molecule has 1 atom stereocenters. The number of rotatable bonds is 3. The second kappa shape index (κ2) is 6.19. The van der Waals surface area contributed by atoms with Crippen molar-refractivity contribution in [1.82, 2.24) is 10.2 Å². The molecule has 1 heterocycles. The summed E-state index contributed by atoms with van der Waals surface area (Å²) in [5.74, 6) is -0.712. The lowest BCUT2D eigenvalue weighted by molar-refractivity contribution is -0.134. The molecular formula is C22H21N3O3. The number of hydrogen-bond donors (Lipinski definition) is 2. The highest BCUT2D eigenvalue weighted by molar-refractivity contribution is 6.10. The summed E-state index contributed by atoms with van der Waals surface area (Å²) >= 11 is 0. The molecule has 0 aromatic heterocycles. The smallest absolute Gasteiger partial charge is 0.325 e. The molecule has 0 bridgehead atoms. The average Bonchev–Trinajstić information content (AvgIpc) is 3.36. The number of carbonyl (C=O) groups excluding carboxylic acids is 3. The third-order valence-electron chi connectivity index (χ3n) is 6.11. The van der Waals surface area contributed by atoms with Crippen molar-refractivity contribution in [3.8, 4) is 0 Å². The number of nitrogens with zero attached hydrogens (tertiary/aromatic N) is 1. The third kappa shape index (κ3) is 2.52. The lowest BCUT2D eigenvalue weighted by atomic mass is 9.92. The van der Waals surface area contributed by atoms with Gasteiger partial charge in [0.15, 0.2) is 0 Å². The predicted molar refractivity (Wildman–Crippen MR) is 104 cm³/mol. The maximum Gasteiger partial charge on any atom is 0.325 e. The van der Waals surface area contributed by atoms with Crippen LogP contribution in [0.4, 0.5) is 10.5 Å². The van der Waals surface area contributed by atoms with Crippen LogP contribution in [0.3, 0.4) is 0 Å². The van der Waals surface area contributed by atoms with Crippen molar-refractivity contribution in [2.75, 3.05) is 11.9 Å². The number of amides is 4. The van der Waals surface area contributed by atoms with E-state index in [-0.39, 0.29) is 18.4 Å². The highest BCUT2D eigenvalue weighted by Gasteiger charge is 2.55. The number of imide groups is 1. The maximum atomic E-state index is 13.1. The molecular weight excluding hydrogens is 354 g/mol. The van der Waals surface area contributed by atoms with Crippen molar-refractivity contribution >= 4 is 23.5 Å². The zero-order valence-corrected chi connectivity index (χ0v) is 15.5. The molecule has 1 fully saturated rings. The van der Waals surface area contributed by atoms with Crippen LogP contribution in [0.2, 0.25) is 0 Å². The fourth-order valence-electron chi connectivity index (χ4n) is 4.73. The Kier molecular flexibility index (Phi) is 3.75. The molecule has 2 aliphatic carbocycles. The molecule has 0 saturated carbocycles. The molecule has 1 aliphatic heterocycles. The largest absolute Gasteiger partial charge is 0.325 e. The van der Waals surface area contributed by atoms with Gasteiger partial charge in [-0.15, -0.1) is 0 Å². The van der Waals surface area contributed by atoms with E-state index in [1.807, 2.05) is 42.5 Å². The lowest BCUT2D eigenvalue weighted by Crippen LogP contribution is -2.43. The first kappa shape index (κ1) is 17.0. The molecule has 0 unspecified atom stereocenters. The highest BCUT2D eigenvalue weighted by atomic mass is 16.2. The van der Waals surface area contributed by atoms with Crippen LogP contribution in [0.15, 0.2) is 42.5 Å². The van der Waals surface area contributed by atoms with Crippen LogP contribution in [0.25, 0.3) is 0 Å². The molecule has 142 valence electrons. The van der Waals surface area contributed by atoms with Crippen LogP contribution in [-0.4, -0.2) is 29.3 Å². The van der Waals surface area contributed by atoms with Gasteiger partial charge in [-0.1, -0.05) is 30.3 Å². The fraction of sp³-hybridized carbons (Fsp3) is 0.318. The fourth-order valence-corrected chi connectivity index (χ4v) is 4.73. The van der Waals surface area contributed by atoms with Crippen molar-refractivity contribution in [3.05, 3.63) is 64.7 Å². The molecule has 6 heteroatoms. The number of nitrogens with one attached hydrogen (secondary N) is 2. The first-order valence-corrected chi connectivity index (χ1v) is 9.71. The Hall–Kier alpha value is -3.15. The zero-order valence-electron chi connectivity index (χ0n) is 15.5. The maximum absolute atomic E-state index is 13.1. The second-order valence-electron chi connectivity index (χ2n) is 7.77. The summed E-state index contributed by atoms with van der Waals surface area (Å²) in [5, 5.41) is 5.67. The standard InChI is InChI=1S/C22H21N3O3/c26-19(23-17-9-8-14-5-3-6-16(14)12-17)13-25-20(27)22(24-21(25)28)11-10-15-4-1-2-7-18(15)22/h1-2,4,7-9,12H,3,5-6,10-11,13H2,(H,23,26)(H,24,28)/t22-/m0/s1. The van der Waals surface area contributed by atoms with Crippen LogP contribution in [-0.2, 0) is 34.4 Å². The van der Waals surface area contributed by atoms with Gasteiger partial charge in [0.1, 0.15) is 12.1 Å². The van der Waals surface area contributed by atoms with Gasteiger partial charge in [0.05, 0.1) is 0 Å². The number of carbonyl (C=O) groups is 3. The van der Waals surface area contributed by atoms with Crippen LogP contribution < -0.4 is 10.6 Å². The summed E-state index contributed by atoms with van der Waals surface area (Å²) in [6.07, 6.45) is 4.50. The van der Waals surface area contributed by atoms with Crippen molar-refractivity contribution in [3.63, 3.8) is 0 Å². The van der Waals surface area contributed by atoms with Crippen molar-refractivity contribution in [2.45, 2.75) is 37.6 Å². The summed E-state index contributed by atoms with van der Waals surface area (Å²) in [7, 11) is 0. The van der Waals surface area contributed by atoms with E-state index in [9.17, 15) is 14.4 Å². The summed E-state index contributed by atoms with van der Waals surface area (Å²) in [6.45, 7) is -0.286. The van der Waals surface area contributed by atoms with Gasteiger partial charge >= 0.3 is 6.03 Å². The van der Waals surface area contributed by atoms with Gasteiger partial charge in [-0.2, -0.15) is 0 Å². The number of anilines is 1. The van der Waals surface area contributed by atoms with Crippen LogP contribution in [0.5, 0.6) is 0 Å². The van der Waals surface area contributed by atoms with E-state index in [1.54, 1.807) is 0 Å². The van der Waals surface area contributed by atoms with Crippen molar-refractivity contribution in [1.29, 1.82) is 0 Å². The number of aryl methyl sites for hydroxylation is 3. The number of fused-ring (bicyclic) bond motifs is 3. The van der Waals surface area contributed by atoms with E-state index in [1.165, 1.54) is 11.1 Å². The highest BCUT2D eigenvalue weighted by Crippen LogP contribution is 2.41. The van der Waals surface area contributed by atoms with Crippen molar-refractivity contribution < 1.29 is 14.4 Å². The topological polar surface area (TPSA) is 78.5 Å². The van der Waals surface area contributed by atoms with Gasteiger partial charge in [0, 0.05) is 5.69 Å². The molecule has 0 radical (unpaired) electrons. The third-order valence-corrected chi connectivity index (χ3v) is 6.11. The first-order valence-electron chi connectivity index (χ1n) is 9.71. The molecule has 6 nitrogen and oxygen atoms in total.